The van der Waals surface area contributed by atoms with Crippen molar-refractivity contribution in [1.29, 1.82) is 0 Å². The van der Waals surface area contributed by atoms with Crippen LogP contribution in [0.25, 0.3) is 0 Å². The molecule has 0 spiro atoms. The topological polar surface area (TPSA) is 34.4 Å². The number of methoxy groups -OCH3 is 1. The number of halogens is 1. The highest BCUT2D eigenvalue weighted by molar-refractivity contribution is 9.10. The number of hydrogen-bond donors (Lipinski definition) is 1. The molecule has 0 aliphatic rings. The van der Waals surface area contributed by atoms with Gasteiger partial charge in [-0.25, -0.2) is 0 Å². The highest BCUT2D eigenvalue weighted by Crippen LogP contribution is 2.32. The lowest BCUT2D eigenvalue weighted by Crippen LogP contribution is -2.03. The lowest BCUT2D eigenvalue weighted by atomic mass is 10.1. The summed E-state index contributed by atoms with van der Waals surface area (Å²) in [5.41, 5.74) is 3.28. The Morgan fingerprint density at radius 1 is 1.28 bits per heavy atom. The Hall–Kier alpha value is -1.42. The summed E-state index contributed by atoms with van der Waals surface area (Å²) < 4.78 is 11.8. The largest absolute Gasteiger partial charge is 0.495 e. The van der Waals surface area contributed by atoms with Crippen molar-refractivity contribution in [2.75, 3.05) is 12.4 Å². The lowest BCUT2D eigenvalue weighted by molar-refractivity contribution is 0.415. The Kier molecular flexibility index (Phi) is 3.97. The molecule has 1 aromatic carbocycles. The third-order valence-corrected chi connectivity index (χ3v) is 3.34. The molecule has 0 fully saturated rings. The summed E-state index contributed by atoms with van der Waals surface area (Å²) in [7, 11) is 1.67. The van der Waals surface area contributed by atoms with E-state index in [1.807, 2.05) is 26.0 Å². The van der Waals surface area contributed by atoms with Gasteiger partial charge < -0.3 is 14.5 Å². The second-order valence-electron chi connectivity index (χ2n) is 4.18. The van der Waals surface area contributed by atoms with E-state index in [1.54, 1.807) is 13.4 Å². The number of hydrogen-bond acceptors (Lipinski definition) is 3. The van der Waals surface area contributed by atoms with E-state index in [1.165, 1.54) is 0 Å². The van der Waals surface area contributed by atoms with Crippen molar-refractivity contribution in [3.8, 4) is 5.75 Å². The van der Waals surface area contributed by atoms with E-state index in [0.29, 0.717) is 6.54 Å². The van der Waals surface area contributed by atoms with Gasteiger partial charge in [0.15, 0.2) is 0 Å². The average molecular weight is 310 g/mol. The first-order valence-corrected chi connectivity index (χ1v) is 6.52. The molecule has 1 heterocycles. The maximum atomic E-state index is 5.41. The number of aryl methyl sites for hydroxylation is 2. The minimum absolute atomic E-state index is 0.650. The van der Waals surface area contributed by atoms with Crippen LogP contribution in [0.3, 0.4) is 0 Å². The maximum Gasteiger partial charge on any atom is 0.143 e. The molecule has 4 heteroatoms. The van der Waals surface area contributed by atoms with Gasteiger partial charge in [-0.2, -0.15) is 0 Å². The predicted molar refractivity (Wildman–Crippen MR) is 76.2 cm³/mol. The van der Waals surface area contributed by atoms with Gasteiger partial charge in [-0.1, -0.05) is 15.9 Å². The summed E-state index contributed by atoms with van der Waals surface area (Å²) in [5, 5.41) is 3.36. The lowest BCUT2D eigenvalue weighted by Gasteiger charge is -2.14. The molecule has 0 saturated carbocycles. The molecule has 1 N–H and O–H groups in total. The van der Waals surface area contributed by atoms with Crippen LogP contribution in [0.2, 0.25) is 0 Å². The van der Waals surface area contributed by atoms with E-state index in [2.05, 4.69) is 27.3 Å². The molecule has 0 saturated heterocycles. The fourth-order valence-corrected chi connectivity index (χ4v) is 2.41. The average Bonchev–Trinajstić information content (AvgIpc) is 2.73. The molecule has 3 nitrogen and oxygen atoms in total. The third kappa shape index (κ3) is 2.70. The normalized spacial score (nSPS) is 10.4. The van der Waals surface area contributed by atoms with Gasteiger partial charge in [0, 0.05) is 4.47 Å². The van der Waals surface area contributed by atoms with E-state index in [9.17, 15) is 0 Å². The van der Waals surface area contributed by atoms with Crippen molar-refractivity contribution in [1.82, 2.24) is 0 Å². The molecule has 0 bridgehead atoms. The van der Waals surface area contributed by atoms with Gasteiger partial charge in [0.05, 0.1) is 25.6 Å². The molecule has 0 radical (unpaired) electrons. The zero-order chi connectivity index (χ0) is 13.1. The second-order valence-corrected chi connectivity index (χ2v) is 5.10. The quantitative estimate of drug-likeness (QED) is 0.915. The Bertz CT molecular complexity index is 549. The standard InChI is InChI=1S/C14H16BrNO2/c1-9-4-5-18-13(9)8-16-14-10(2)6-11(15)7-12(14)17-3/h4-7,16H,8H2,1-3H3. The van der Waals surface area contributed by atoms with Gasteiger partial charge in [-0.05, 0) is 43.2 Å². The monoisotopic (exact) mass is 309 g/mol. The minimum Gasteiger partial charge on any atom is -0.495 e. The number of anilines is 1. The summed E-state index contributed by atoms with van der Waals surface area (Å²) in [6.07, 6.45) is 1.71. The third-order valence-electron chi connectivity index (χ3n) is 2.88. The molecule has 18 heavy (non-hydrogen) atoms. The van der Waals surface area contributed by atoms with Crippen molar-refractivity contribution in [2.24, 2.45) is 0 Å². The first-order valence-electron chi connectivity index (χ1n) is 5.72. The van der Waals surface area contributed by atoms with Crippen LogP contribution in [0.15, 0.2) is 33.4 Å². The molecular weight excluding hydrogens is 294 g/mol. The van der Waals surface area contributed by atoms with E-state index >= 15 is 0 Å². The van der Waals surface area contributed by atoms with Crippen LogP contribution in [0.1, 0.15) is 16.9 Å². The Morgan fingerprint density at radius 3 is 2.67 bits per heavy atom. The van der Waals surface area contributed by atoms with Crippen molar-refractivity contribution in [3.05, 3.63) is 45.8 Å². The summed E-state index contributed by atoms with van der Waals surface area (Å²) in [5.74, 6) is 1.77. The molecule has 0 aliphatic heterocycles. The fourth-order valence-electron chi connectivity index (χ4n) is 1.85. The molecule has 1 aromatic heterocycles. The SMILES string of the molecule is COc1cc(Br)cc(C)c1NCc1occc1C. The summed E-state index contributed by atoms with van der Waals surface area (Å²) >= 11 is 3.46. The molecular formula is C14H16BrNO2. The molecule has 96 valence electrons. The Morgan fingerprint density at radius 2 is 2.06 bits per heavy atom. The van der Waals surface area contributed by atoms with Gasteiger partial charge >= 0.3 is 0 Å². The van der Waals surface area contributed by atoms with Crippen LogP contribution in [-0.2, 0) is 6.54 Å². The smallest absolute Gasteiger partial charge is 0.143 e. The van der Waals surface area contributed by atoms with E-state index in [4.69, 9.17) is 9.15 Å². The highest BCUT2D eigenvalue weighted by Gasteiger charge is 2.09. The minimum atomic E-state index is 0.650. The van der Waals surface area contributed by atoms with Crippen molar-refractivity contribution in [3.63, 3.8) is 0 Å². The number of nitrogens with one attached hydrogen (secondary N) is 1. The van der Waals surface area contributed by atoms with Crippen LogP contribution >= 0.6 is 15.9 Å². The van der Waals surface area contributed by atoms with Crippen LogP contribution in [0.4, 0.5) is 5.69 Å². The van der Waals surface area contributed by atoms with E-state index < -0.39 is 0 Å². The first-order chi connectivity index (χ1) is 8.61. The number of furan rings is 1. The molecule has 2 aromatic rings. The van der Waals surface area contributed by atoms with Gasteiger partial charge in [0.1, 0.15) is 11.5 Å². The number of benzene rings is 1. The highest BCUT2D eigenvalue weighted by atomic mass is 79.9. The predicted octanol–water partition coefficient (Wildman–Crippen LogP) is 4.28. The zero-order valence-corrected chi connectivity index (χ0v) is 12.3. The van der Waals surface area contributed by atoms with E-state index in [-0.39, 0.29) is 0 Å². The zero-order valence-electron chi connectivity index (χ0n) is 10.7. The molecule has 0 atom stereocenters. The molecule has 0 aliphatic carbocycles. The fraction of sp³-hybridized carbons (Fsp3) is 0.286. The molecule has 0 amide bonds. The number of rotatable bonds is 4. The van der Waals surface area contributed by atoms with Crippen molar-refractivity contribution < 1.29 is 9.15 Å². The van der Waals surface area contributed by atoms with Gasteiger partial charge in [0.25, 0.3) is 0 Å². The summed E-state index contributed by atoms with van der Waals surface area (Å²) in [4.78, 5) is 0. The van der Waals surface area contributed by atoms with Crippen LogP contribution in [-0.4, -0.2) is 7.11 Å². The van der Waals surface area contributed by atoms with Crippen LogP contribution < -0.4 is 10.1 Å². The Balaban J connectivity index is 2.21. The molecule has 2 rings (SSSR count). The summed E-state index contributed by atoms with van der Waals surface area (Å²) in [6, 6.07) is 5.97. The molecule has 0 unspecified atom stereocenters. The van der Waals surface area contributed by atoms with Gasteiger partial charge in [-0.3, -0.25) is 0 Å². The van der Waals surface area contributed by atoms with Crippen molar-refractivity contribution >= 4 is 21.6 Å². The van der Waals surface area contributed by atoms with Crippen LogP contribution in [0.5, 0.6) is 5.75 Å². The van der Waals surface area contributed by atoms with Crippen molar-refractivity contribution in [2.45, 2.75) is 20.4 Å². The van der Waals surface area contributed by atoms with Gasteiger partial charge in [-0.15, -0.1) is 0 Å². The number of ether oxygens (including phenoxy) is 1. The Labute approximate surface area is 115 Å². The first kappa shape index (κ1) is 13.0. The summed E-state index contributed by atoms with van der Waals surface area (Å²) in [6.45, 7) is 4.73. The van der Waals surface area contributed by atoms with Crippen LogP contribution in [0, 0.1) is 13.8 Å². The van der Waals surface area contributed by atoms with Gasteiger partial charge in [0.2, 0.25) is 0 Å². The second kappa shape index (κ2) is 5.48. The maximum absolute atomic E-state index is 5.41. The van der Waals surface area contributed by atoms with E-state index in [0.717, 1.165) is 32.8 Å².